The molecule has 0 spiro atoms. The molecule has 1 aliphatic heterocycles. The van der Waals surface area contributed by atoms with Gasteiger partial charge in [-0.15, -0.1) is 24.0 Å². The number of nitrogens with zero attached hydrogens (tertiary/aromatic N) is 3. The number of para-hydroxylation sites is 2. The first-order valence-electron chi connectivity index (χ1n) is 9.82. The number of amides is 1. The molecular weight excluding hydrogens is 517 g/mol. The van der Waals surface area contributed by atoms with Crippen molar-refractivity contribution in [2.45, 2.75) is 19.8 Å². The zero-order valence-electron chi connectivity index (χ0n) is 16.9. The highest BCUT2D eigenvalue weighted by Gasteiger charge is 2.24. The number of ether oxygens (including phenoxy) is 1. The third-order valence-electron chi connectivity index (χ3n) is 4.46. The van der Waals surface area contributed by atoms with Crippen LogP contribution in [-0.4, -0.2) is 49.6 Å². The van der Waals surface area contributed by atoms with Crippen LogP contribution in [0.25, 0.3) is 0 Å². The Morgan fingerprint density at radius 3 is 2.87 bits per heavy atom. The molecule has 30 heavy (non-hydrogen) atoms. The quantitative estimate of drug-likeness (QED) is 0.176. The topological polar surface area (TPSA) is 78.9 Å². The standard InChI is InChI=1S/C21H26ClN5O2.HI/c1-2-23-21(25-12-10-16-8-9-19(22)26-14-16)24-11-5-13-27-17-6-3-4-7-18(17)29-15-20(27)28;/h3-4,6-9,14H,2,5,10-13,15H2,1H3,(H2,23,24,25);1H. The highest BCUT2D eigenvalue weighted by molar-refractivity contribution is 14.0. The summed E-state index contributed by atoms with van der Waals surface area (Å²) in [6.45, 7) is 4.87. The summed E-state index contributed by atoms with van der Waals surface area (Å²) in [5.74, 6) is 1.50. The zero-order chi connectivity index (χ0) is 20.5. The van der Waals surface area contributed by atoms with Crippen LogP contribution < -0.4 is 20.3 Å². The average Bonchev–Trinajstić information content (AvgIpc) is 2.73. The van der Waals surface area contributed by atoms with Crippen molar-refractivity contribution in [3.63, 3.8) is 0 Å². The summed E-state index contributed by atoms with van der Waals surface area (Å²) in [5.41, 5.74) is 1.94. The van der Waals surface area contributed by atoms with Gasteiger partial charge in [-0.25, -0.2) is 4.98 Å². The van der Waals surface area contributed by atoms with E-state index in [1.165, 1.54) is 0 Å². The molecule has 162 valence electrons. The molecule has 0 saturated carbocycles. The molecule has 9 heteroatoms. The van der Waals surface area contributed by atoms with Gasteiger partial charge in [0.25, 0.3) is 5.91 Å². The van der Waals surface area contributed by atoms with Gasteiger partial charge in [-0.05, 0) is 43.5 Å². The van der Waals surface area contributed by atoms with E-state index < -0.39 is 0 Å². The molecule has 1 amide bonds. The molecule has 2 aromatic rings. The number of carbonyl (C=O) groups is 1. The molecule has 3 rings (SSSR count). The number of aromatic nitrogens is 1. The van der Waals surface area contributed by atoms with Gasteiger partial charge in [-0.1, -0.05) is 29.8 Å². The van der Waals surface area contributed by atoms with Crippen LogP contribution in [-0.2, 0) is 11.2 Å². The monoisotopic (exact) mass is 543 g/mol. The molecule has 2 heterocycles. The minimum atomic E-state index is -0.0192. The van der Waals surface area contributed by atoms with Crippen LogP contribution in [0.15, 0.2) is 47.6 Å². The van der Waals surface area contributed by atoms with Crippen molar-refractivity contribution >= 4 is 53.1 Å². The Labute approximate surface area is 199 Å². The molecule has 0 fully saturated rings. The first-order chi connectivity index (χ1) is 14.2. The summed E-state index contributed by atoms with van der Waals surface area (Å²) >= 11 is 5.81. The summed E-state index contributed by atoms with van der Waals surface area (Å²) in [6.07, 6.45) is 3.37. The third kappa shape index (κ3) is 7.02. The van der Waals surface area contributed by atoms with Crippen LogP contribution >= 0.6 is 35.6 Å². The van der Waals surface area contributed by atoms with Crippen molar-refractivity contribution in [3.8, 4) is 5.75 Å². The van der Waals surface area contributed by atoms with Gasteiger partial charge >= 0.3 is 0 Å². The smallest absolute Gasteiger partial charge is 0.265 e. The number of nitrogens with one attached hydrogen (secondary N) is 2. The third-order valence-corrected chi connectivity index (χ3v) is 4.68. The van der Waals surface area contributed by atoms with E-state index in [0.717, 1.165) is 48.9 Å². The Balaban J connectivity index is 0.00000320. The van der Waals surface area contributed by atoms with Crippen molar-refractivity contribution in [1.29, 1.82) is 0 Å². The highest BCUT2D eigenvalue weighted by atomic mass is 127. The van der Waals surface area contributed by atoms with Crippen LogP contribution in [0.4, 0.5) is 5.69 Å². The summed E-state index contributed by atoms with van der Waals surface area (Å²) in [5, 5.41) is 7.06. The molecule has 0 atom stereocenters. The van der Waals surface area contributed by atoms with E-state index in [0.29, 0.717) is 18.2 Å². The van der Waals surface area contributed by atoms with Crippen molar-refractivity contribution in [2.24, 2.45) is 4.99 Å². The number of guanidine groups is 1. The van der Waals surface area contributed by atoms with Gasteiger partial charge in [0.1, 0.15) is 10.9 Å². The Morgan fingerprint density at radius 2 is 2.10 bits per heavy atom. The van der Waals surface area contributed by atoms with Crippen molar-refractivity contribution in [3.05, 3.63) is 53.3 Å². The number of anilines is 1. The number of hydrogen-bond acceptors (Lipinski definition) is 4. The minimum absolute atomic E-state index is 0. The van der Waals surface area contributed by atoms with Crippen LogP contribution in [0.3, 0.4) is 0 Å². The largest absolute Gasteiger partial charge is 0.482 e. The Bertz CT molecular complexity index is 848. The molecule has 1 aromatic heterocycles. The minimum Gasteiger partial charge on any atom is -0.482 e. The number of hydrogen-bond donors (Lipinski definition) is 2. The van der Waals surface area contributed by atoms with Crippen molar-refractivity contribution in [2.75, 3.05) is 37.7 Å². The average molecular weight is 544 g/mol. The molecule has 1 aromatic carbocycles. The van der Waals surface area contributed by atoms with E-state index in [9.17, 15) is 4.79 Å². The number of benzene rings is 1. The molecular formula is C21H27ClIN5O2. The maximum Gasteiger partial charge on any atom is 0.265 e. The van der Waals surface area contributed by atoms with Gasteiger partial charge < -0.3 is 20.3 Å². The SMILES string of the molecule is CCNC(=NCCCN1C(=O)COc2ccccc21)NCCc1ccc(Cl)nc1.I. The second kappa shape index (κ2) is 12.6. The summed E-state index contributed by atoms with van der Waals surface area (Å²) in [4.78, 5) is 22.7. The van der Waals surface area contributed by atoms with Gasteiger partial charge in [0.15, 0.2) is 12.6 Å². The van der Waals surface area contributed by atoms with Crippen LogP contribution in [0, 0.1) is 0 Å². The summed E-state index contributed by atoms with van der Waals surface area (Å²) in [6, 6.07) is 11.4. The number of fused-ring (bicyclic) bond motifs is 1. The fourth-order valence-corrected chi connectivity index (χ4v) is 3.15. The Morgan fingerprint density at radius 1 is 1.27 bits per heavy atom. The van der Waals surface area contributed by atoms with Crippen molar-refractivity contribution < 1.29 is 9.53 Å². The summed E-state index contributed by atoms with van der Waals surface area (Å²) < 4.78 is 5.48. The van der Waals surface area contributed by atoms with Gasteiger partial charge in [-0.2, -0.15) is 0 Å². The Kier molecular flexibility index (Phi) is 10.2. The molecule has 0 radical (unpaired) electrons. The zero-order valence-corrected chi connectivity index (χ0v) is 20.0. The predicted molar refractivity (Wildman–Crippen MR) is 131 cm³/mol. The second-order valence-corrected chi connectivity index (χ2v) is 6.97. The molecule has 7 nitrogen and oxygen atoms in total. The molecule has 0 aliphatic carbocycles. The molecule has 0 unspecified atom stereocenters. The molecule has 1 aliphatic rings. The van der Waals surface area contributed by atoms with Crippen LogP contribution in [0.5, 0.6) is 5.75 Å². The van der Waals surface area contributed by atoms with E-state index >= 15 is 0 Å². The maximum atomic E-state index is 12.2. The van der Waals surface area contributed by atoms with Gasteiger partial charge in [-0.3, -0.25) is 9.79 Å². The number of aliphatic imine (C=N–C) groups is 1. The predicted octanol–water partition coefficient (Wildman–Crippen LogP) is 3.27. The van der Waals surface area contributed by atoms with E-state index in [2.05, 4.69) is 20.6 Å². The lowest BCUT2D eigenvalue weighted by Crippen LogP contribution is -2.40. The first-order valence-corrected chi connectivity index (χ1v) is 10.2. The lowest BCUT2D eigenvalue weighted by molar-refractivity contribution is -0.121. The van der Waals surface area contributed by atoms with E-state index in [4.69, 9.17) is 16.3 Å². The maximum absolute atomic E-state index is 12.2. The fraction of sp³-hybridized carbons (Fsp3) is 0.381. The molecule has 0 bridgehead atoms. The number of halogens is 2. The highest BCUT2D eigenvalue weighted by Crippen LogP contribution is 2.31. The summed E-state index contributed by atoms with van der Waals surface area (Å²) in [7, 11) is 0. The second-order valence-electron chi connectivity index (χ2n) is 6.58. The van der Waals surface area contributed by atoms with Gasteiger partial charge in [0.2, 0.25) is 0 Å². The van der Waals surface area contributed by atoms with Gasteiger partial charge in [0.05, 0.1) is 5.69 Å². The molecule has 2 N–H and O–H groups in total. The van der Waals surface area contributed by atoms with Crippen LogP contribution in [0.1, 0.15) is 18.9 Å². The Hall–Kier alpha value is -2.07. The fourth-order valence-electron chi connectivity index (χ4n) is 3.04. The van der Waals surface area contributed by atoms with Gasteiger partial charge in [0, 0.05) is 32.4 Å². The van der Waals surface area contributed by atoms with Crippen molar-refractivity contribution in [1.82, 2.24) is 15.6 Å². The molecule has 0 saturated heterocycles. The van der Waals surface area contributed by atoms with E-state index in [-0.39, 0.29) is 36.5 Å². The lowest BCUT2D eigenvalue weighted by Gasteiger charge is -2.29. The van der Waals surface area contributed by atoms with E-state index in [1.54, 1.807) is 17.2 Å². The first kappa shape index (κ1) is 24.2. The lowest BCUT2D eigenvalue weighted by atomic mass is 10.2. The van der Waals surface area contributed by atoms with Crippen LogP contribution in [0.2, 0.25) is 5.15 Å². The number of rotatable bonds is 8. The van der Waals surface area contributed by atoms with E-state index in [1.807, 2.05) is 37.3 Å². The number of pyridine rings is 1. The normalized spacial score (nSPS) is 13.2. The number of carbonyl (C=O) groups excluding carboxylic acids is 1.